The number of nitrogens with zero attached hydrogens (tertiary/aromatic N) is 4. The maximum atomic E-state index is 13.2. The average Bonchev–Trinajstić information content (AvgIpc) is 3.42. The second kappa shape index (κ2) is 7.89. The highest BCUT2D eigenvalue weighted by Crippen LogP contribution is 2.29. The molecule has 4 rings (SSSR count). The number of allylic oxidation sites excluding steroid dienone is 1. The Kier molecular flexibility index (Phi) is 5.17. The Morgan fingerprint density at radius 3 is 2.81 bits per heavy atom. The molecule has 0 bridgehead atoms. The third kappa shape index (κ3) is 3.86. The van der Waals surface area contributed by atoms with Gasteiger partial charge in [0.05, 0.1) is 10.6 Å². The Labute approximate surface area is 163 Å². The summed E-state index contributed by atoms with van der Waals surface area (Å²) in [6, 6.07) is 12.1. The summed E-state index contributed by atoms with van der Waals surface area (Å²) in [5, 5.41) is 15.4. The van der Waals surface area contributed by atoms with E-state index in [1.807, 2.05) is 28.1 Å². The Morgan fingerprint density at radius 2 is 2.07 bits per heavy atom. The van der Waals surface area contributed by atoms with Crippen molar-refractivity contribution >= 4 is 23.1 Å². The molecule has 0 saturated heterocycles. The first kappa shape index (κ1) is 17.7. The highest BCUT2D eigenvalue weighted by Gasteiger charge is 2.15. The lowest BCUT2D eigenvalue weighted by atomic mass is 10.2. The number of aromatic nitrogens is 4. The maximum Gasteiger partial charge on any atom is 0.192 e. The molecular weight excluding hydrogens is 383 g/mol. The van der Waals surface area contributed by atoms with Gasteiger partial charge in [0, 0.05) is 23.9 Å². The van der Waals surface area contributed by atoms with E-state index >= 15 is 0 Å². The van der Waals surface area contributed by atoms with Gasteiger partial charge in [-0.3, -0.25) is 4.57 Å². The van der Waals surface area contributed by atoms with E-state index < -0.39 is 0 Å². The average molecular weight is 398 g/mol. The quantitative estimate of drug-likeness (QED) is 0.313. The van der Waals surface area contributed by atoms with Gasteiger partial charge >= 0.3 is 0 Å². The zero-order chi connectivity index (χ0) is 18.6. The van der Waals surface area contributed by atoms with Crippen LogP contribution in [0.1, 0.15) is 5.69 Å². The minimum atomic E-state index is -0.282. The molecule has 0 unspecified atom stereocenters. The van der Waals surface area contributed by atoms with Crippen molar-refractivity contribution in [1.82, 2.24) is 19.9 Å². The number of rotatable bonds is 7. The standard InChI is InChI=1S/C19H15FN4OS2/c1-2-9-24-18(13-5-7-14(20)8-6-13)21-22-19(24)27-12-15-11-16(25-23-15)17-4-3-10-26-17/h2-8,10-11H,1,9,12H2. The van der Waals surface area contributed by atoms with Gasteiger partial charge in [0.15, 0.2) is 16.7 Å². The number of halogens is 1. The molecule has 4 aromatic rings. The van der Waals surface area contributed by atoms with E-state index in [1.54, 1.807) is 29.5 Å². The molecule has 0 fully saturated rings. The van der Waals surface area contributed by atoms with Gasteiger partial charge in [0.25, 0.3) is 0 Å². The van der Waals surface area contributed by atoms with Gasteiger partial charge in [-0.05, 0) is 35.7 Å². The fourth-order valence-corrected chi connectivity index (χ4v) is 4.06. The fraction of sp³-hybridized carbons (Fsp3) is 0.105. The summed E-state index contributed by atoms with van der Waals surface area (Å²) in [5.74, 6) is 1.76. The highest BCUT2D eigenvalue weighted by molar-refractivity contribution is 7.98. The van der Waals surface area contributed by atoms with Crippen LogP contribution in [0.3, 0.4) is 0 Å². The van der Waals surface area contributed by atoms with E-state index in [0.29, 0.717) is 18.1 Å². The monoisotopic (exact) mass is 398 g/mol. The molecule has 0 saturated carbocycles. The van der Waals surface area contributed by atoms with Gasteiger partial charge in [-0.25, -0.2) is 4.39 Å². The summed E-state index contributed by atoms with van der Waals surface area (Å²) in [4.78, 5) is 1.05. The van der Waals surface area contributed by atoms with E-state index in [9.17, 15) is 4.39 Å². The van der Waals surface area contributed by atoms with Crippen LogP contribution in [0.25, 0.3) is 22.0 Å². The largest absolute Gasteiger partial charge is 0.355 e. The summed E-state index contributed by atoms with van der Waals surface area (Å²) in [6.07, 6.45) is 1.78. The zero-order valence-electron chi connectivity index (χ0n) is 14.2. The Bertz CT molecular complexity index is 1040. The second-order valence-corrected chi connectivity index (χ2v) is 7.55. The van der Waals surface area contributed by atoms with Crippen LogP contribution in [0.2, 0.25) is 0 Å². The topological polar surface area (TPSA) is 56.7 Å². The summed E-state index contributed by atoms with van der Waals surface area (Å²) < 4.78 is 20.6. The second-order valence-electron chi connectivity index (χ2n) is 5.66. The molecular formula is C19H15FN4OS2. The van der Waals surface area contributed by atoms with E-state index in [0.717, 1.165) is 27.1 Å². The van der Waals surface area contributed by atoms with Gasteiger partial charge in [0.1, 0.15) is 5.82 Å². The van der Waals surface area contributed by atoms with Crippen LogP contribution >= 0.6 is 23.1 Å². The number of hydrogen-bond donors (Lipinski definition) is 0. The van der Waals surface area contributed by atoms with Crippen molar-refractivity contribution < 1.29 is 8.91 Å². The first-order valence-corrected chi connectivity index (χ1v) is 10.0. The van der Waals surface area contributed by atoms with Crippen LogP contribution in [0.4, 0.5) is 4.39 Å². The number of thioether (sulfide) groups is 1. The molecule has 136 valence electrons. The third-order valence-corrected chi connectivity index (χ3v) is 5.69. The lowest BCUT2D eigenvalue weighted by Crippen LogP contribution is -2.00. The third-order valence-electron chi connectivity index (χ3n) is 3.80. The molecule has 0 aliphatic carbocycles. The molecule has 0 N–H and O–H groups in total. The fourth-order valence-electron chi connectivity index (χ4n) is 2.55. The smallest absolute Gasteiger partial charge is 0.192 e. The normalized spacial score (nSPS) is 11.0. The van der Waals surface area contributed by atoms with Crippen LogP contribution in [-0.2, 0) is 12.3 Å². The van der Waals surface area contributed by atoms with Crippen molar-refractivity contribution in [2.75, 3.05) is 0 Å². The molecule has 27 heavy (non-hydrogen) atoms. The predicted molar refractivity (Wildman–Crippen MR) is 105 cm³/mol. The van der Waals surface area contributed by atoms with Crippen molar-refractivity contribution in [2.45, 2.75) is 17.5 Å². The van der Waals surface area contributed by atoms with E-state index in [4.69, 9.17) is 4.52 Å². The first-order chi connectivity index (χ1) is 13.2. The number of thiophene rings is 1. The van der Waals surface area contributed by atoms with E-state index in [1.165, 1.54) is 23.9 Å². The van der Waals surface area contributed by atoms with Crippen molar-refractivity contribution in [2.24, 2.45) is 0 Å². The minimum absolute atomic E-state index is 0.282. The van der Waals surface area contributed by atoms with Gasteiger partial charge < -0.3 is 4.52 Å². The molecule has 3 aromatic heterocycles. The lowest BCUT2D eigenvalue weighted by Gasteiger charge is -2.07. The van der Waals surface area contributed by atoms with Crippen LogP contribution < -0.4 is 0 Å². The minimum Gasteiger partial charge on any atom is -0.355 e. The van der Waals surface area contributed by atoms with E-state index in [2.05, 4.69) is 21.9 Å². The Balaban J connectivity index is 1.53. The highest BCUT2D eigenvalue weighted by atomic mass is 32.2. The van der Waals surface area contributed by atoms with Crippen LogP contribution in [-0.4, -0.2) is 19.9 Å². The molecule has 0 atom stereocenters. The maximum absolute atomic E-state index is 13.2. The van der Waals surface area contributed by atoms with Gasteiger partial charge in [-0.15, -0.1) is 28.1 Å². The SMILES string of the molecule is C=CCn1c(SCc2cc(-c3cccs3)on2)nnc1-c1ccc(F)cc1. The molecule has 8 heteroatoms. The Hall–Kier alpha value is -2.71. The lowest BCUT2D eigenvalue weighted by molar-refractivity contribution is 0.427. The number of benzene rings is 1. The van der Waals surface area contributed by atoms with Crippen LogP contribution in [0, 0.1) is 5.82 Å². The first-order valence-electron chi connectivity index (χ1n) is 8.17. The molecule has 0 radical (unpaired) electrons. The molecule has 0 aliphatic heterocycles. The summed E-state index contributed by atoms with van der Waals surface area (Å²) >= 11 is 3.13. The van der Waals surface area contributed by atoms with Crippen molar-refractivity contribution in [1.29, 1.82) is 0 Å². The molecule has 0 amide bonds. The van der Waals surface area contributed by atoms with Crippen molar-refractivity contribution in [3.63, 3.8) is 0 Å². The molecule has 0 aliphatic rings. The van der Waals surface area contributed by atoms with Crippen LogP contribution in [0.15, 0.2) is 70.2 Å². The van der Waals surface area contributed by atoms with Gasteiger partial charge in [0.2, 0.25) is 0 Å². The summed E-state index contributed by atoms with van der Waals surface area (Å²) in [7, 11) is 0. The molecule has 5 nitrogen and oxygen atoms in total. The van der Waals surface area contributed by atoms with E-state index in [-0.39, 0.29) is 5.82 Å². The zero-order valence-corrected chi connectivity index (χ0v) is 15.8. The molecule has 3 heterocycles. The Morgan fingerprint density at radius 1 is 1.22 bits per heavy atom. The number of hydrogen-bond acceptors (Lipinski definition) is 6. The van der Waals surface area contributed by atoms with Crippen molar-refractivity contribution in [3.8, 4) is 22.0 Å². The summed E-state index contributed by atoms with van der Waals surface area (Å²) in [6.45, 7) is 4.36. The van der Waals surface area contributed by atoms with Crippen LogP contribution in [0.5, 0.6) is 0 Å². The summed E-state index contributed by atoms with van der Waals surface area (Å²) in [5.41, 5.74) is 1.64. The molecule has 1 aromatic carbocycles. The van der Waals surface area contributed by atoms with Crippen molar-refractivity contribution in [3.05, 3.63) is 72.0 Å². The predicted octanol–water partition coefficient (Wildman–Crippen LogP) is 5.28. The van der Waals surface area contributed by atoms with Gasteiger partial charge in [-0.1, -0.05) is 29.1 Å². The molecule has 0 spiro atoms. The van der Waals surface area contributed by atoms with Gasteiger partial charge in [-0.2, -0.15) is 0 Å².